The molecule has 0 spiro atoms. The molecule has 3 rings (SSSR count). The van der Waals surface area contributed by atoms with Crippen LogP contribution in [-0.4, -0.2) is 12.9 Å². The highest BCUT2D eigenvalue weighted by Gasteiger charge is 2.32. The van der Waals surface area contributed by atoms with Crippen molar-refractivity contribution in [3.05, 3.63) is 46.2 Å². The molecule has 1 N–H and O–H groups in total. The number of aromatic nitrogens is 1. The Morgan fingerprint density at radius 3 is 2.83 bits per heavy atom. The fourth-order valence-electron chi connectivity index (χ4n) is 2.07. The summed E-state index contributed by atoms with van der Waals surface area (Å²) in [6.45, 7) is 1.78. The van der Waals surface area contributed by atoms with Gasteiger partial charge in [0.15, 0.2) is 5.78 Å². The van der Waals surface area contributed by atoms with E-state index in [1.165, 1.54) is 4.70 Å². The van der Waals surface area contributed by atoms with Gasteiger partial charge in [-0.05, 0) is 13.0 Å². The molecule has 1 aromatic heterocycles. The lowest BCUT2D eigenvalue weighted by Crippen LogP contribution is -2.21. The standard InChI is InChI=1S/C14H11NO2S/c1-8-13(16)9(14(8)17-2)7-12-15-10-5-3-4-6-11(10)18-12/h3-7H,1-2H3/p+1/b9-7-. The van der Waals surface area contributed by atoms with Crippen molar-refractivity contribution >= 4 is 33.4 Å². The zero-order valence-electron chi connectivity index (χ0n) is 10.1. The molecular formula is C14H12NO2S+. The predicted octanol–water partition coefficient (Wildman–Crippen LogP) is 2.60. The molecule has 0 aliphatic heterocycles. The molecule has 90 valence electrons. The van der Waals surface area contributed by atoms with Gasteiger partial charge in [-0.3, -0.25) is 4.79 Å². The highest BCUT2D eigenvalue weighted by atomic mass is 32.1. The number of rotatable bonds is 2. The zero-order valence-corrected chi connectivity index (χ0v) is 10.9. The van der Waals surface area contributed by atoms with Crippen molar-refractivity contribution in [3.8, 4) is 0 Å². The summed E-state index contributed by atoms with van der Waals surface area (Å²) in [4.78, 5) is 15.0. The first-order valence-electron chi connectivity index (χ1n) is 5.63. The third kappa shape index (κ3) is 1.57. The number of ketones is 1. The maximum Gasteiger partial charge on any atom is 0.261 e. The van der Waals surface area contributed by atoms with E-state index in [0.717, 1.165) is 10.5 Å². The molecule has 0 atom stereocenters. The Balaban J connectivity index is 2.05. The number of hydrogen-bond donors (Lipinski definition) is 0. The Hall–Kier alpha value is -1.94. The van der Waals surface area contributed by atoms with Crippen molar-refractivity contribution < 1.29 is 14.5 Å². The van der Waals surface area contributed by atoms with Gasteiger partial charge < -0.3 is 4.74 Å². The Morgan fingerprint density at radius 1 is 1.33 bits per heavy atom. The lowest BCUT2D eigenvalue weighted by Gasteiger charge is -2.20. The Morgan fingerprint density at radius 2 is 2.11 bits per heavy atom. The van der Waals surface area contributed by atoms with Gasteiger partial charge in [-0.25, -0.2) is 0 Å². The molecule has 0 fully saturated rings. The molecule has 0 saturated heterocycles. The molecule has 0 amide bonds. The van der Waals surface area contributed by atoms with E-state index in [1.807, 2.05) is 24.3 Å². The third-order valence-corrected chi connectivity index (χ3v) is 4.03. The first kappa shape index (κ1) is 11.2. The first-order chi connectivity index (χ1) is 8.70. The van der Waals surface area contributed by atoms with E-state index in [-0.39, 0.29) is 5.78 Å². The summed E-state index contributed by atoms with van der Waals surface area (Å²) in [5, 5.41) is 0.960. The van der Waals surface area contributed by atoms with Gasteiger partial charge >= 0.3 is 0 Å². The molecule has 2 aromatic rings. The van der Waals surface area contributed by atoms with E-state index >= 15 is 0 Å². The lowest BCUT2D eigenvalue weighted by molar-refractivity contribution is -0.341. The second-order valence-electron chi connectivity index (χ2n) is 4.13. The van der Waals surface area contributed by atoms with Crippen LogP contribution in [0.15, 0.2) is 41.2 Å². The monoisotopic (exact) mass is 258 g/mol. The maximum absolute atomic E-state index is 11.7. The molecular weight excluding hydrogens is 246 g/mol. The summed E-state index contributed by atoms with van der Waals surface area (Å²) in [5.74, 6) is 0.767. The molecule has 0 saturated carbocycles. The van der Waals surface area contributed by atoms with Gasteiger partial charge in [0.2, 0.25) is 5.52 Å². The van der Waals surface area contributed by atoms with Crippen LogP contribution >= 0.6 is 11.3 Å². The SMILES string of the molecule is COC1=C(C)C(=O)/C1=C/c1[nH+]c2ccccc2s1. The van der Waals surface area contributed by atoms with Crippen molar-refractivity contribution in [2.45, 2.75) is 6.92 Å². The van der Waals surface area contributed by atoms with E-state index in [9.17, 15) is 4.79 Å². The highest BCUT2D eigenvalue weighted by Crippen LogP contribution is 2.32. The number of methoxy groups -OCH3 is 1. The number of H-pyrrole nitrogens is 1. The minimum atomic E-state index is 0.0673. The van der Waals surface area contributed by atoms with Crippen LogP contribution in [0.5, 0.6) is 0 Å². The second kappa shape index (κ2) is 4.07. The molecule has 3 nitrogen and oxygen atoms in total. The van der Waals surface area contributed by atoms with Crippen LogP contribution in [0.25, 0.3) is 16.3 Å². The minimum Gasteiger partial charge on any atom is -0.496 e. The molecule has 4 heteroatoms. The predicted molar refractivity (Wildman–Crippen MR) is 71.1 cm³/mol. The molecule has 0 bridgehead atoms. The van der Waals surface area contributed by atoms with Gasteiger partial charge in [-0.2, -0.15) is 4.98 Å². The molecule has 0 unspecified atom stereocenters. The third-order valence-electron chi connectivity index (χ3n) is 3.01. The van der Waals surface area contributed by atoms with Crippen LogP contribution in [-0.2, 0) is 9.53 Å². The Kier molecular flexibility index (Phi) is 2.52. The molecule has 1 aromatic carbocycles. The number of nitrogens with one attached hydrogen (secondary N) is 1. The van der Waals surface area contributed by atoms with E-state index < -0.39 is 0 Å². The van der Waals surface area contributed by atoms with Crippen LogP contribution in [0.1, 0.15) is 11.9 Å². The largest absolute Gasteiger partial charge is 0.496 e. The number of benzene rings is 1. The zero-order chi connectivity index (χ0) is 12.7. The summed E-state index contributed by atoms with van der Waals surface area (Å²) in [7, 11) is 1.59. The maximum atomic E-state index is 11.7. The number of allylic oxidation sites excluding steroid dienone is 2. The number of carbonyl (C=O) groups is 1. The Labute approximate surface area is 108 Å². The van der Waals surface area contributed by atoms with Gasteiger partial charge in [0, 0.05) is 17.7 Å². The normalized spacial score (nSPS) is 17.4. The first-order valence-corrected chi connectivity index (χ1v) is 6.45. The quantitative estimate of drug-likeness (QED) is 0.777. The fraction of sp³-hybridized carbons (Fsp3) is 0.143. The summed E-state index contributed by atoms with van der Waals surface area (Å²) < 4.78 is 6.39. The molecule has 0 radical (unpaired) electrons. The van der Waals surface area contributed by atoms with E-state index in [1.54, 1.807) is 25.4 Å². The van der Waals surface area contributed by atoms with Crippen molar-refractivity contribution in [2.24, 2.45) is 0 Å². The Bertz CT molecular complexity index is 676. The van der Waals surface area contributed by atoms with E-state index in [0.29, 0.717) is 16.9 Å². The van der Waals surface area contributed by atoms with E-state index in [2.05, 4.69) is 11.1 Å². The number of aromatic amines is 1. The van der Waals surface area contributed by atoms with Crippen LogP contribution in [0.4, 0.5) is 0 Å². The number of para-hydroxylation sites is 1. The topological polar surface area (TPSA) is 40.4 Å². The van der Waals surface area contributed by atoms with Crippen LogP contribution < -0.4 is 4.98 Å². The van der Waals surface area contributed by atoms with Crippen molar-refractivity contribution in [1.29, 1.82) is 0 Å². The number of ether oxygens (including phenoxy) is 1. The number of Topliss-reactive ketones (excluding diaryl/α,β-unsaturated/α-hetero) is 1. The van der Waals surface area contributed by atoms with Gasteiger partial charge in [0.25, 0.3) is 5.01 Å². The fourth-order valence-corrected chi connectivity index (χ4v) is 3.02. The van der Waals surface area contributed by atoms with Crippen molar-refractivity contribution in [1.82, 2.24) is 0 Å². The molecule has 1 aliphatic rings. The van der Waals surface area contributed by atoms with Gasteiger partial charge in [0.1, 0.15) is 10.5 Å². The summed E-state index contributed by atoms with van der Waals surface area (Å²) in [6, 6.07) is 8.07. The summed E-state index contributed by atoms with van der Waals surface area (Å²) in [6.07, 6.45) is 1.86. The van der Waals surface area contributed by atoms with Gasteiger partial charge in [-0.15, -0.1) is 0 Å². The number of hydrogen-bond acceptors (Lipinski definition) is 3. The number of thiazole rings is 1. The average molecular weight is 258 g/mol. The molecule has 18 heavy (non-hydrogen) atoms. The van der Waals surface area contributed by atoms with Crippen LogP contribution in [0, 0.1) is 0 Å². The second-order valence-corrected chi connectivity index (χ2v) is 5.22. The minimum absolute atomic E-state index is 0.0673. The van der Waals surface area contributed by atoms with Crippen molar-refractivity contribution in [2.75, 3.05) is 7.11 Å². The summed E-state index contributed by atoms with van der Waals surface area (Å²) in [5.41, 5.74) is 2.43. The van der Waals surface area contributed by atoms with E-state index in [4.69, 9.17) is 4.74 Å². The number of carbonyl (C=O) groups excluding carboxylic acids is 1. The average Bonchev–Trinajstić information content (AvgIpc) is 2.80. The smallest absolute Gasteiger partial charge is 0.261 e. The van der Waals surface area contributed by atoms with Crippen LogP contribution in [0.2, 0.25) is 0 Å². The van der Waals surface area contributed by atoms with Crippen LogP contribution in [0.3, 0.4) is 0 Å². The number of fused-ring (bicyclic) bond motifs is 1. The molecule has 1 aliphatic carbocycles. The lowest BCUT2D eigenvalue weighted by atomic mass is 9.89. The van der Waals surface area contributed by atoms with Gasteiger partial charge in [-0.1, -0.05) is 23.5 Å². The van der Waals surface area contributed by atoms with Gasteiger partial charge in [0.05, 0.1) is 12.7 Å². The summed E-state index contributed by atoms with van der Waals surface area (Å²) >= 11 is 1.63. The molecule has 1 heterocycles. The highest BCUT2D eigenvalue weighted by molar-refractivity contribution is 7.18. The van der Waals surface area contributed by atoms with Crippen molar-refractivity contribution in [3.63, 3.8) is 0 Å².